The summed E-state index contributed by atoms with van der Waals surface area (Å²) in [6, 6.07) is 0. The molecule has 3 N–H and O–H groups in total. The van der Waals surface area contributed by atoms with Crippen molar-refractivity contribution >= 4 is 11.9 Å². The van der Waals surface area contributed by atoms with Gasteiger partial charge in [-0.05, 0) is 12.8 Å². The second-order valence-corrected chi connectivity index (χ2v) is 14.4. The zero-order valence-corrected chi connectivity index (χ0v) is 30.4. The van der Waals surface area contributed by atoms with Crippen LogP contribution in [0.15, 0.2) is 0 Å². The lowest BCUT2D eigenvalue weighted by Crippen LogP contribution is -2.09. The first-order valence-corrected chi connectivity index (χ1v) is 20.6. The van der Waals surface area contributed by atoms with Gasteiger partial charge in [-0.25, -0.2) is 0 Å². The summed E-state index contributed by atoms with van der Waals surface area (Å²) in [5.41, 5.74) is 5.18. The lowest BCUT2D eigenvalue weighted by atomic mass is 10.0. The van der Waals surface area contributed by atoms with Crippen molar-refractivity contribution in [3.05, 3.63) is 0 Å². The first-order valence-electron chi connectivity index (χ1n) is 20.6. The first kappa shape index (κ1) is 43.9. The van der Waals surface area contributed by atoms with Crippen LogP contribution in [0.2, 0.25) is 0 Å². The Morgan fingerprint density at radius 2 is 0.400 bits per heavy atom. The molecule has 0 radical (unpaired) electrons. The van der Waals surface area contributed by atoms with E-state index in [2.05, 4.69) is 0 Å². The van der Waals surface area contributed by atoms with Gasteiger partial charge < -0.3 is 10.8 Å². The number of carboxylic acids is 1. The Morgan fingerprint density at radius 3 is 0.533 bits per heavy atom. The van der Waals surface area contributed by atoms with Gasteiger partial charge in [-0.2, -0.15) is 0 Å². The van der Waals surface area contributed by atoms with Gasteiger partial charge in [-0.15, -0.1) is 0 Å². The van der Waals surface area contributed by atoms with Crippen LogP contribution in [0.5, 0.6) is 0 Å². The van der Waals surface area contributed by atoms with E-state index in [9.17, 15) is 9.59 Å². The van der Waals surface area contributed by atoms with Crippen molar-refractivity contribution in [2.45, 2.75) is 250 Å². The second kappa shape index (κ2) is 39.1. The number of unbranched alkanes of at least 4 members (excludes halogenated alkanes) is 36. The van der Waals surface area contributed by atoms with Crippen LogP contribution in [0, 0.1) is 0 Å². The molecule has 0 aliphatic heterocycles. The molecule has 0 aromatic carbocycles. The molecule has 268 valence electrons. The summed E-state index contributed by atoms with van der Waals surface area (Å²) < 4.78 is 0. The molecule has 0 atom stereocenters. The zero-order valence-electron chi connectivity index (χ0n) is 30.4. The number of amides is 1. The van der Waals surface area contributed by atoms with Gasteiger partial charge in [0.2, 0.25) is 5.91 Å². The predicted octanol–water partition coefficient (Wildman–Crippen LogP) is 13.8. The molecule has 0 heterocycles. The van der Waals surface area contributed by atoms with Crippen LogP contribution in [0.4, 0.5) is 0 Å². The van der Waals surface area contributed by atoms with Crippen molar-refractivity contribution in [3.8, 4) is 0 Å². The summed E-state index contributed by atoms with van der Waals surface area (Å²) in [7, 11) is 0. The standard InChI is InChI=1S/C41H81NO3/c42-40(43)38-36-34-32-30-28-26-24-22-20-18-16-14-12-10-8-6-4-2-1-3-5-7-9-11-13-15-17-19-21-23-25-27-29-31-33-35-37-39-41(44)45/h1-39H2,(H2,42,43)(H,44,45). The number of hydrogen-bond acceptors (Lipinski definition) is 2. The molecular weight excluding hydrogens is 554 g/mol. The quantitative estimate of drug-likeness (QED) is 0.0657. The second-order valence-electron chi connectivity index (χ2n) is 14.4. The summed E-state index contributed by atoms with van der Waals surface area (Å²) in [5.74, 6) is -0.803. The molecule has 4 nitrogen and oxygen atoms in total. The van der Waals surface area contributed by atoms with Gasteiger partial charge in [-0.1, -0.05) is 225 Å². The summed E-state index contributed by atoms with van der Waals surface area (Å²) in [4.78, 5) is 21.2. The maximum atomic E-state index is 10.7. The molecule has 0 spiro atoms. The predicted molar refractivity (Wildman–Crippen MR) is 197 cm³/mol. The highest BCUT2D eigenvalue weighted by atomic mass is 16.4. The largest absolute Gasteiger partial charge is 0.481 e. The smallest absolute Gasteiger partial charge is 0.303 e. The monoisotopic (exact) mass is 636 g/mol. The van der Waals surface area contributed by atoms with E-state index in [4.69, 9.17) is 10.8 Å². The molecule has 4 heteroatoms. The molecule has 45 heavy (non-hydrogen) atoms. The molecule has 0 aromatic heterocycles. The molecule has 1 amide bonds. The molecule has 0 bridgehead atoms. The van der Waals surface area contributed by atoms with E-state index < -0.39 is 5.97 Å². The van der Waals surface area contributed by atoms with Crippen molar-refractivity contribution in [3.63, 3.8) is 0 Å². The molecule has 0 saturated heterocycles. The van der Waals surface area contributed by atoms with Crippen LogP contribution in [-0.2, 0) is 9.59 Å². The fourth-order valence-electron chi connectivity index (χ4n) is 6.76. The van der Waals surface area contributed by atoms with E-state index in [-0.39, 0.29) is 5.91 Å². The Morgan fingerprint density at radius 1 is 0.267 bits per heavy atom. The van der Waals surface area contributed by atoms with Gasteiger partial charge in [0, 0.05) is 12.8 Å². The average Bonchev–Trinajstić information content (AvgIpc) is 3.02. The van der Waals surface area contributed by atoms with E-state index in [1.807, 2.05) is 0 Å². The van der Waals surface area contributed by atoms with Crippen molar-refractivity contribution in [1.82, 2.24) is 0 Å². The van der Waals surface area contributed by atoms with Crippen LogP contribution >= 0.6 is 0 Å². The fourth-order valence-corrected chi connectivity index (χ4v) is 6.76. The maximum Gasteiger partial charge on any atom is 0.303 e. The summed E-state index contributed by atoms with van der Waals surface area (Å²) >= 11 is 0. The van der Waals surface area contributed by atoms with E-state index in [0.29, 0.717) is 12.8 Å². The topological polar surface area (TPSA) is 80.4 Å². The molecule has 0 aliphatic rings. The third-order valence-corrected chi connectivity index (χ3v) is 9.81. The zero-order chi connectivity index (χ0) is 32.7. The highest BCUT2D eigenvalue weighted by Crippen LogP contribution is 2.17. The third-order valence-electron chi connectivity index (χ3n) is 9.81. The van der Waals surface area contributed by atoms with Crippen LogP contribution < -0.4 is 5.73 Å². The Bertz CT molecular complexity index is 543. The van der Waals surface area contributed by atoms with Gasteiger partial charge in [0.25, 0.3) is 0 Å². The lowest BCUT2D eigenvalue weighted by Gasteiger charge is -2.05. The average molecular weight is 636 g/mol. The van der Waals surface area contributed by atoms with E-state index in [0.717, 1.165) is 25.7 Å². The molecule has 0 aromatic rings. The highest BCUT2D eigenvalue weighted by Gasteiger charge is 1.99. The van der Waals surface area contributed by atoms with E-state index in [1.165, 1.54) is 212 Å². The van der Waals surface area contributed by atoms with Crippen molar-refractivity contribution in [1.29, 1.82) is 0 Å². The normalized spacial score (nSPS) is 11.4. The summed E-state index contributed by atoms with van der Waals surface area (Å²) in [6.45, 7) is 0. The SMILES string of the molecule is NC(=O)CCCCCCCCCCCCCCCCCCCCCCCCCCCCCCCCCCCCCCCC(=O)O. The molecule has 0 rings (SSSR count). The Balaban J connectivity index is 3.05. The minimum Gasteiger partial charge on any atom is -0.481 e. The first-order chi connectivity index (χ1) is 22.1. The van der Waals surface area contributed by atoms with Gasteiger partial charge in [-0.3, -0.25) is 9.59 Å². The molecule has 0 fully saturated rings. The van der Waals surface area contributed by atoms with Crippen LogP contribution in [0.3, 0.4) is 0 Å². The Labute approximate surface area is 282 Å². The fraction of sp³-hybridized carbons (Fsp3) is 0.951. The van der Waals surface area contributed by atoms with Crippen molar-refractivity contribution in [2.24, 2.45) is 5.73 Å². The van der Waals surface area contributed by atoms with E-state index >= 15 is 0 Å². The van der Waals surface area contributed by atoms with Crippen molar-refractivity contribution < 1.29 is 14.7 Å². The Kier molecular flexibility index (Phi) is 38.2. The number of nitrogens with two attached hydrogens (primary N) is 1. The number of aliphatic carboxylic acids is 1. The number of primary amides is 1. The lowest BCUT2D eigenvalue weighted by molar-refractivity contribution is -0.137. The molecule has 0 aliphatic carbocycles. The van der Waals surface area contributed by atoms with Crippen LogP contribution in [0.25, 0.3) is 0 Å². The molecule has 0 unspecified atom stereocenters. The van der Waals surface area contributed by atoms with E-state index in [1.54, 1.807) is 0 Å². The molecular formula is C41H81NO3. The number of carbonyl (C=O) groups excluding carboxylic acids is 1. The van der Waals surface area contributed by atoms with Gasteiger partial charge >= 0.3 is 5.97 Å². The van der Waals surface area contributed by atoms with Crippen molar-refractivity contribution in [2.75, 3.05) is 0 Å². The molecule has 0 saturated carbocycles. The summed E-state index contributed by atoms with van der Waals surface area (Å²) in [5, 5.41) is 8.64. The van der Waals surface area contributed by atoms with Gasteiger partial charge in [0.1, 0.15) is 0 Å². The van der Waals surface area contributed by atoms with Crippen LogP contribution in [0.1, 0.15) is 250 Å². The number of carboxylic acid groups (broad SMARTS) is 1. The van der Waals surface area contributed by atoms with Gasteiger partial charge in [0.05, 0.1) is 0 Å². The number of carbonyl (C=O) groups is 2. The summed E-state index contributed by atoms with van der Waals surface area (Å²) in [6.07, 6.45) is 51.6. The minimum atomic E-state index is -0.651. The number of rotatable bonds is 40. The minimum absolute atomic E-state index is 0.152. The van der Waals surface area contributed by atoms with Gasteiger partial charge in [0.15, 0.2) is 0 Å². The third kappa shape index (κ3) is 42.9. The maximum absolute atomic E-state index is 10.7. The highest BCUT2D eigenvalue weighted by molar-refractivity contribution is 5.73. The number of hydrogen-bond donors (Lipinski definition) is 2. The Hall–Kier alpha value is -1.06. The van der Waals surface area contributed by atoms with Crippen LogP contribution in [-0.4, -0.2) is 17.0 Å².